The van der Waals surface area contributed by atoms with Crippen molar-refractivity contribution in [1.82, 2.24) is 14.8 Å². The molecule has 2 aromatic heterocycles. The second kappa shape index (κ2) is 9.10. The van der Waals surface area contributed by atoms with Crippen molar-refractivity contribution in [2.45, 2.75) is 0 Å². The van der Waals surface area contributed by atoms with Gasteiger partial charge in [0.1, 0.15) is 11.5 Å². The summed E-state index contributed by atoms with van der Waals surface area (Å²) in [5.74, 6) is 1.61. The molecule has 164 valence electrons. The van der Waals surface area contributed by atoms with Crippen molar-refractivity contribution in [3.05, 3.63) is 89.3 Å². The normalized spacial score (nSPS) is 10.9. The minimum Gasteiger partial charge on any atom is -0.497 e. The van der Waals surface area contributed by atoms with Crippen LogP contribution in [0.5, 0.6) is 11.5 Å². The maximum atomic E-state index is 6.04. The zero-order valence-electron chi connectivity index (χ0n) is 18.0. The molecule has 0 bridgehead atoms. The van der Waals surface area contributed by atoms with E-state index in [4.69, 9.17) is 31.2 Å². The van der Waals surface area contributed by atoms with E-state index in [2.05, 4.69) is 6.07 Å². The van der Waals surface area contributed by atoms with Gasteiger partial charge in [-0.1, -0.05) is 23.7 Å². The summed E-state index contributed by atoms with van der Waals surface area (Å²) < 4.78 is 12.5. The molecular formula is C26H20ClN3O2S. The number of methoxy groups -OCH3 is 2. The number of hydrogen-bond donors (Lipinski definition) is 0. The number of ether oxygens (including phenoxy) is 2. The van der Waals surface area contributed by atoms with Crippen molar-refractivity contribution < 1.29 is 9.47 Å². The SMILES string of the molecule is COc1ccc(-c2cc(-c3ccc(OC)cc3)n(-c3nc(-c4ccc(Cl)cc4)cs3)n2)cc1. The third-order valence-electron chi connectivity index (χ3n) is 5.29. The molecule has 0 fully saturated rings. The van der Waals surface area contributed by atoms with Crippen molar-refractivity contribution in [3.63, 3.8) is 0 Å². The van der Waals surface area contributed by atoms with Gasteiger partial charge < -0.3 is 9.47 Å². The van der Waals surface area contributed by atoms with Gasteiger partial charge in [0.15, 0.2) is 0 Å². The molecule has 0 amide bonds. The smallest absolute Gasteiger partial charge is 0.211 e. The highest BCUT2D eigenvalue weighted by Crippen LogP contribution is 2.33. The van der Waals surface area contributed by atoms with Crippen molar-refractivity contribution >= 4 is 22.9 Å². The molecule has 5 rings (SSSR count). The maximum absolute atomic E-state index is 6.04. The quantitative estimate of drug-likeness (QED) is 0.266. The van der Waals surface area contributed by atoms with Crippen LogP contribution in [0.4, 0.5) is 0 Å². The maximum Gasteiger partial charge on any atom is 0.211 e. The van der Waals surface area contributed by atoms with Crippen LogP contribution in [0.2, 0.25) is 5.02 Å². The van der Waals surface area contributed by atoms with Gasteiger partial charge in [0.2, 0.25) is 5.13 Å². The lowest BCUT2D eigenvalue weighted by atomic mass is 10.1. The lowest BCUT2D eigenvalue weighted by molar-refractivity contribution is 0.414. The molecule has 5 aromatic rings. The second-order valence-electron chi connectivity index (χ2n) is 7.31. The van der Waals surface area contributed by atoms with Crippen LogP contribution in [-0.4, -0.2) is 29.0 Å². The summed E-state index contributed by atoms with van der Waals surface area (Å²) in [7, 11) is 3.32. The fourth-order valence-electron chi connectivity index (χ4n) is 3.51. The van der Waals surface area contributed by atoms with Crippen LogP contribution in [-0.2, 0) is 0 Å². The standard InChI is InChI=1S/C26H20ClN3O2S/c1-31-21-11-5-17(6-12-21)23-15-25(19-7-13-22(32-2)14-8-19)30(29-23)26-28-24(16-33-26)18-3-9-20(27)10-4-18/h3-16H,1-2H3. The third kappa shape index (κ3) is 4.35. The average molecular weight is 474 g/mol. The van der Waals surface area contributed by atoms with Gasteiger partial charge in [-0.15, -0.1) is 11.3 Å². The highest BCUT2D eigenvalue weighted by Gasteiger charge is 2.16. The number of aromatic nitrogens is 3. The van der Waals surface area contributed by atoms with E-state index in [-0.39, 0.29) is 0 Å². The second-order valence-corrected chi connectivity index (χ2v) is 8.58. The molecule has 0 radical (unpaired) electrons. The largest absolute Gasteiger partial charge is 0.497 e. The predicted octanol–water partition coefficient (Wildman–Crippen LogP) is 7.00. The van der Waals surface area contributed by atoms with E-state index in [0.717, 1.165) is 50.4 Å². The summed E-state index contributed by atoms with van der Waals surface area (Å²) in [4.78, 5) is 4.87. The Balaban J connectivity index is 1.60. The average Bonchev–Trinajstić information content (AvgIpc) is 3.52. The summed E-state index contributed by atoms with van der Waals surface area (Å²) in [5.41, 5.74) is 5.71. The van der Waals surface area contributed by atoms with Gasteiger partial charge >= 0.3 is 0 Å². The van der Waals surface area contributed by atoms with E-state index in [1.165, 1.54) is 0 Å². The van der Waals surface area contributed by atoms with Crippen LogP contribution < -0.4 is 9.47 Å². The van der Waals surface area contributed by atoms with Crippen LogP contribution in [0, 0.1) is 0 Å². The number of halogens is 1. The molecule has 7 heteroatoms. The Morgan fingerprint density at radius 2 is 1.27 bits per heavy atom. The van der Waals surface area contributed by atoms with Gasteiger partial charge in [0.05, 0.1) is 31.3 Å². The van der Waals surface area contributed by atoms with E-state index in [9.17, 15) is 0 Å². The summed E-state index contributed by atoms with van der Waals surface area (Å²) in [5, 5.41) is 8.43. The number of rotatable bonds is 6. The Morgan fingerprint density at radius 1 is 0.727 bits per heavy atom. The van der Waals surface area contributed by atoms with Crippen LogP contribution >= 0.6 is 22.9 Å². The Bertz CT molecular complexity index is 1370. The molecule has 0 saturated heterocycles. The highest BCUT2D eigenvalue weighted by atomic mass is 35.5. The van der Waals surface area contributed by atoms with Gasteiger partial charge in [-0.3, -0.25) is 0 Å². The molecule has 0 aliphatic heterocycles. The molecule has 0 atom stereocenters. The molecule has 3 aromatic carbocycles. The molecule has 0 aliphatic carbocycles. The van der Waals surface area contributed by atoms with Gasteiger partial charge in [0, 0.05) is 27.1 Å². The molecule has 0 N–H and O–H groups in total. The lowest BCUT2D eigenvalue weighted by Crippen LogP contribution is -1.99. The Hall–Kier alpha value is -3.61. The Morgan fingerprint density at radius 3 is 1.88 bits per heavy atom. The topological polar surface area (TPSA) is 49.2 Å². The van der Waals surface area contributed by atoms with Crippen LogP contribution in [0.15, 0.2) is 84.2 Å². The van der Waals surface area contributed by atoms with Gasteiger partial charge in [-0.25, -0.2) is 9.67 Å². The first-order valence-corrected chi connectivity index (χ1v) is 11.5. The monoisotopic (exact) mass is 473 g/mol. The molecule has 0 saturated carbocycles. The number of thiazole rings is 1. The fourth-order valence-corrected chi connectivity index (χ4v) is 4.43. The number of benzene rings is 3. The molecular weight excluding hydrogens is 454 g/mol. The van der Waals surface area contributed by atoms with Gasteiger partial charge in [-0.05, 0) is 66.7 Å². The molecule has 2 heterocycles. The molecule has 5 nitrogen and oxygen atoms in total. The van der Waals surface area contributed by atoms with Crippen molar-refractivity contribution in [2.24, 2.45) is 0 Å². The van der Waals surface area contributed by atoms with Crippen molar-refractivity contribution in [3.8, 4) is 50.4 Å². The highest BCUT2D eigenvalue weighted by molar-refractivity contribution is 7.12. The van der Waals surface area contributed by atoms with Crippen molar-refractivity contribution in [2.75, 3.05) is 14.2 Å². The first-order chi connectivity index (χ1) is 16.1. The third-order valence-corrected chi connectivity index (χ3v) is 6.36. The minimum atomic E-state index is 0.701. The van der Waals surface area contributed by atoms with Gasteiger partial charge in [-0.2, -0.15) is 5.10 Å². The fraction of sp³-hybridized carbons (Fsp3) is 0.0769. The predicted molar refractivity (Wildman–Crippen MR) is 134 cm³/mol. The Labute approximate surface area is 200 Å². The molecule has 0 aliphatic rings. The van der Waals surface area contributed by atoms with E-state index >= 15 is 0 Å². The van der Waals surface area contributed by atoms with Crippen molar-refractivity contribution in [1.29, 1.82) is 0 Å². The number of hydrogen-bond acceptors (Lipinski definition) is 5. The minimum absolute atomic E-state index is 0.701. The van der Waals surface area contributed by atoms with E-state index < -0.39 is 0 Å². The molecule has 33 heavy (non-hydrogen) atoms. The summed E-state index contributed by atoms with van der Waals surface area (Å²) in [6, 6.07) is 25.6. The Kier molecular flexibility index (Phi) is 5.86. The molecule has 0 spiro atoms. The van der Waals surface area contributed by atoms with E-state index in [0.29, 0.717) is 5.02 Å². The first-order valence-electron chi connectivity index (χ1n) is 10.3. The van der Waals surface area contributed by atoms with E-state index in [1.807, 2.05) is 82.9 Å². The summed E-state index contributed by atoms with van der Waals surface area (Å²) >= 11 is 7.59. The lowest BCUT2D eigenvalue weighted by Gasteiger charge is -2.05. The number of nitrogens with zero attached hydrogens (tertiary/aromatic N) is 3. The van der Waals surface area contributed by atoms with Gasteiger partial charge in [0.25, 0.3) is 0 Å². The van der Waals surface area contributed by atoms with Crippen LogP contribution in [0.25, 0.3) is 38.9 Å². The van der Waals surface area contributed by atoms with Crippen LogP contribution in [0.1, 0.15) is 0 Å². The van der Waals surface area contributed by atoms with Crippen LogP contribution in [0.3, 0.4) is 0 Å². The first kappa shape index (κ1) is 21.2. The van der Waals surface area contributed by atoms with E-state index in [1.54, 1.807) is 25.6 Å². The molecule has 0 unspecified atom stereocenters. The zero-order valence-corrected chi connectivity index (χ0v) is 19.6. The summed E-state index contributed by atoms with van der Waals surface area (Å²) in [6.45, 7) is 0. The zero-order chi connectivity index (χ0) is 22.8. The summed E-state index contributed by atoms with van der Waals surface area (Å²) in [6.07, 6.45) is 0.